The van der Waals surface area contributed by atoms with Crippen molar-refractivity contribution >= 4 is 58.0 Å². The Hall–Kier alpha value is -1.71. The first-order valence-electron chi connectivity index (χ1n) is 7.61. The molecule has 1 heterocycles. The van der Waals surface area contributed by atoms with Crippen LogP contribution in [0, 0.1) is 0 Å². The van der Waals surface area contributed by atoms with Crippen LogP contribution >= 0.6 is 35.7 Å². The maximum Gasteiger partial charge on any atom is 0.266 e. The number of rotatable bonds is 8. The Kier molecular flexibility index (Phi) is 7.36. The van der Waals surface area contributed by atoms with Crippen LogP contribution in [0.25, 0.3) is 6.08 Å². The first kappa shape index (κ1) is 20.6. The van der Waals surface area contributed by atoms with E-state index in [-0.39, 0.29) is 10.7 Å². The fourth-order valence-electron chi connectivity index (χ4n) is 2.41. The topological polar surface area (TPSA) is 78.9 Å². The van der Waals surface area contributed by atoms with Crippen LogP contribution in [-0.4, -0.2) is 53.4 Å². The van der Waals surface area contributed by atoms with Crippen LogP contribution in [0.4, 0.5) is 0 Å². The number of benzene rings is 1. The van der Waals surface area contributed by atoms with Gasteiger partial charge in [-0.05, 0) is 36.6 Å². The SMILES string of the molecule is COc1ccc(/C=C2/SC(=S)N([C@H](CCSC)C(=O)[O-])C2=O)c(OC)c1. The highest BCUT2D eigenvalue weighted by Crippen LogP contribution is 2.36. The Morgan fingerprint density at radius 3 is 2.73 bits per heavy atom. The molecule has 1 fully saturated rings. The molecule has 1 aliphatic rings. The first-order chi connectivity index (χ1) is 12.4. The van der Waals surface area contributed by atoms with Gasteiger partial charge in [0.25, 0.3) is 5.91 Å². The summed E-state index contributed by atoms with van der Waals surface area (Å²) in [7, 11) is 3.07. The summed E-state index contributed by atoms with van der Waals surface area (Å²) >= 11 is 7.80. The molecule has 0 bridgehead atoms. The summed E-state index contributed by atoms with van der Waals surface area (Å²) in [4.78, 5) is 25.7. The third-order valence-electron chi connectivity index (χ3n) is 3.73. The minimum absolute atomic E-state index is 0.212. The number of methoxy groups -OCH3 is 2. The van der Waals surface area contributed by atoms with E-state index < -0.39 is 17.9 Å². The number of thiocarbonyl (C=S) groups is 1. The molecule has 1 atom stereocenters. The summed E-state index contributed by atoms with van der Waals surface area (Å²) in [5, 5.41) is 11.5. The van der Waals surface area contributed by atoms with E-state index in [1.165, 1.54) is 18.9 Å². The van der Waals surface area contributed by atoms with Gasteiger partial charge in [0.15, 0.2) is 0 Å². The highest BCUT2D eigenvalue weighted by atomic mass is 32.2. The number of carbonyl (C=O) groups excluding carboxylic acids is 2. The molecule has 0 unspecified atom stereocenters. The molecule has 2 rings (SSSR count). The number of hydrogen-bond donors (Lipinski definition) is 0. The number of thioether (sulfide) groups is 2. The molecule has 0 aromatic heterocycles. The van der Waals surface area contributed by atoms with Crippen LogP contribution in [0.2, 0.25) is 0 Å². The third-order valence-corrected chi connectivity index (χ3v) is 5.70. The Morgan fingerprint density at radius 2 is 2.15 bits per heavy atom. The Morgan fingerprint density at radius 1 is 1.42 bits per heavy atom. The van der Waals surface area contributed by atoms with Crippen molar-refractivity contribution in [1.82, 2.24) is 4.90 Å². The Labute approximate surface area is 165 Å². The lowest BCUT2D eigenvalue weighted by Gasteiger charge is -2.27. The van der Waals surface area contributed by atoms with Gasteiger partial charge in [-0.15, -0.1) is 0 Å². The van der Waals surface area contributed by atoms with Crippen LogP contribution in [0.3, 0.4) is 0 Å². The number of nitrogens with zero attached hydrogens (tertiary/aromatic N) is 1. The van der Waals surface area contributed by atoms with Crippen molar-refractivity contribution in [2.75, 3.05) is 26.2 Å². The minimum Gasteiger partial charge on any atom is -0.548 e. The van der Waals surface area contributed by atoms with Crippen molar-refractivity contribution in [3.05, 3.63) is 28.7 Å². The van der Waals surface area contributed by atoms with Crippen LogP contribution in [-0.2, 0) is 9.59 Å². The summed E-state index contributed by atoms with van der Waals surface area (Å²) < 4.78 is 10.7. The van der Waals surface area contributed by atoms with Crippen LogP contribution in [0.5, 0.6) is 11.5 Å². The summed E-state index contributed by atoms with van der Waals surface area (Å²) in [6.07, 6.45) is 3.78. The minimum atomic E-state index is -1.31. The van der Waals surface area contributed by atoms with E-state index in [2.05, 4.69) is 0 Å². The van der Waals surface area contributed by atoms with Gasteiger partial charge in [0, 0.05) is 11.6 Å². The summed E-state index contributed by atoms with van der Waals surface area (Å²) in [5.74, 6) is 0.00187. The molecule has 26 heavy (non-hydrogen) atoms. The third kappa shape index (κ3) is 4.52. The number of carbonyl (C=O) groups is 2. The van der Waals surface area contributed by atoms with Crippen molar-refractivity contribution in [3.8, 4) is 11.5 Å². The van der Waals surface area contributed by atoms with Crippen LogP contribution in [0.15, 0.2) is 23.1 Å². The lowest BCUT2D eigenvalue weighted by atomic mass is 10.1. The van der Waals surface area contributed by atoms with E-state index in [1.807, 2.05) is 6.26 Å². The average Bonchev–Trinajstić information content (AvgIpc) is 2.89. The lowest BCUT2D eigenvalue weighted by Crippen LogP contribution is -2.50. The van der Waals surface area contributed by atoms with Gasteiger partial charge in [-0.3, -0.25) is 9.69 Å². The number of hydrogen-bond acceptors (Lipinski definition) is 8. The molecule has 6 nitrogen and oxygen atoms in total. The van der Waals surface area contributed by atoms with Crippen molar-refractivity contribution in [2.45, 2.75) is 12.5 Å². The van der Waals surface area contributed by atoms with Gasteiger partial charge in [0.05, 0.1) is 31.1 Å². The van der Waals surface area contributed by atoms with Crippen molar-refractivity contribution in [1.29, 1.82) is 0 Å². The quantitative estimate of drug-likeness (QED) is 0.472. The summed E-state index contributed by atoms with van der Waals surface area (Å²) in [6, 6.07) is 4.14. The van der Waals surface area contributed by atoms with E-state index >= 15 is 0 Å². The number of amides is 1. The molecule has 0 radical (unpaired) electrons. The van der Waals surface area contributed by atoms with Gasteiger partial charge >= 0.3 is 0 Å². The van der Waals surface area contributed by atoms with Crippen molar-refractivity contribution < 1.29 is 24.2 Å². The predicted octanol–water partition coefficient (Wildman–Crippen LogP) is 1.78. The molecule has 0 N–H and O–H groups in total. The zero-order valence-corrected chi connectivity index (χ0v) is 17.0. The summed E-state index contributed by atoms with van der Waals surface area (Å²) in [6.45, 7) is 0. The molecule has 1 aliphatic heterocycles. The van der Waals surface area contributed by atoms with Crippen LogP contribution < -0.4 is 14.6 Å². The first-order valence-corrected chi connectivity index (χ1v) is 10.2. The Balaban J connectivity index is 2.33. The van der Waals surface area contributed by atoms with Gasteiger partial charge in [0.2, 0.25) is 0 Å². The molecular formula is C17H18NO5S3-. The normalized spacial score (nSPS) is 16.9. The van der Waals surface area contributed by atoms with Gasteiger partial charge in [-0.2, -0.15) is 11.8 Å². The molecule has 0 saturated carbocycles. The second kappa shape index (κ2) is 9.29. The number of carboxylic acids is 1. The molecule has 140 valence electrons. The predicted molar refractivity (Wildman–Crippen MR) is 106 cm³/mol. The fraction of sp³-hybridized carbons (Fsp3) is 0.353. The standard InChI is InChI=1S/C17H19NO5S3/c1-22-11-5-4-10(13(9-11)23-2)8-14-15(19)18(17(24)26-14)12(16(20)21)6-7-25-3/h4-5,8-9,12H,6-7H2,1-3H3,(H,20,21)/p-1/b14-8+/t12-/m1/s1. The molecule has 0 aliphatic carbocycles. The van der Waals surface area contributed by atoms with Gasteiger partial charge < -0.3 is 19.4 Å². The Bertz CT molecular complexity index is 750. The molecule has 1 aromatic rings. The maximum atomic E-state index is 12.7. The molecule has 0 spiro atoms. The second-order valence-electron chi connectivity index (χ2n) is 5.28. The molecular weight excluding hydrogens is 394 g/mol. The lowest BCUT2D eigenvalue weighted by molar-refractivity contribution is -0.310. The monoisotopic (exact) mass is 412 g/mol. The summed E-state index contributed by atoms with van der Waals surface area (Å²) in [5.41, 5.74) is 0.669. The van der Waals surface area contributed by atoms with Crippen molar-refractivity contribution in [2.24, 2.45) is 0 Å². The maximum absolute atomic E-state index is 12.7. The molecule has 1 aromatic carbocycles. The van der Waals surface area contributed by atoms with Gasteiger partial charge in [0.1, 0.15) is 15.8 Å². The van der Waals surface area contributed by atoms with Crippen LogP contribution in [0.1, 0.15) is 12.0 Å². The smallest absolute Gasteiger partial charge is 0.266 e. The van der Waals surface area contributed by atoms with E-state index in [1.54, 1.807) is 31.4 Å². The fourth-order valence-corrected chi connectivity index (χ4v) is 4.22. The highest BCUT2D eigenvalue weighted by Gasteiger charge is 2.37. The molecule has 1 saturated heterocycles. The van der Waals surface area contributed by atoms with Crippen molar-refractivity contribution in [3.63, 3.8) is 0 Å². The number of ether oxygens (including phenoxy) is 2. The molecule has 1 amide bonds. The van der Waals surface area contributed by atoms with E-state index in [0.717, 1.165) is 16.7 Å². The highest BCUT2D eigenvalue weighted by molar-refractivity contribution is 8.26. The van der Waals surface area contributed by atoms with E-state index in [4.69, 9.17) is 21.7 Å². The average molecular weight is 413 g/mol. The van der Waals surface area contributed by atoms with Gasteiger partial charge in [-0.1, -0.05) is 24.0 Å². The van der Waals surface area contributed by atoms with E-state index in [0.29, 0.717) is 27.7 Å². The van der Waals surface area contributed by atoms with Gasteiger partial charge in [-0.25, -0.2) is 0 Å². The zero-order valence-electron chi connectivity index (χ0n) is 14.5. The molecule has 9 heteroatoms. The number of aliphatic carboxylic acids is 1. The number of carboxylic acid groups (broad SMARTS) is 1. The zero-order chi connectivity index (χ0) is 19.3. The van der Waals surface area contributed by atoms with E-state index in [9.17, 15) is 14.7 Å². The largest absolute Gasteiger partial charge is 0.548 e. The second-order valence-corrected chi connectivity index (χ2v) is 7.94.